The molecule has 0 aliphatic carbocycles. The van der Waals surface area contributed by atoms with Gasteiger partial charge in [0.2, 0.25) is 0 Å². The Morgan fingerprint density at radius 2 is 1.50 bits per heavy atom. The van der Waals surface area contributed by atoms with E-state index in [-0.39, 0.29) is 0 Å². The molecule has 0 spiro atoms. The third-order valence-electron chi connectivity index (χ3n) is 2.49. The molecule has 0 aromatic heterocycles. The lowest BCUT2D eigenvalue weighted by Gasteiger charge is -2.10. The Hall–Kier alpha value is -0.600. The second-order valence-electron chi connectivity index (χ2n) is 3.71. The zero-order valence-corrected chi connectivity index (χ0v) is 11.9. The molecule has 0 aliphatic heterocycles. The predicted octanol–water partition coefficient (Wildman–Crippen LogP) is 5.13. The van der Waals surface area contributed by atoms with E-state index < -0.39 is 0 Å². The molecule has 16 heavy (non-hydrogen) atoms. The van der Waals surface area contributed by atoms with Gasteiger partial charge in [0.1, 0.15) is 0 Å². The second kappa shape index (κ2) is 5.65. The molecular formula is C14H12Br2. The van der Waals surface area contributed by atoms with Crippen LogP contribution >= 0.6 is 31.9 Å². The molecule has 0 saturated carbocycles. The Bertz CT molecular complexity index is 434. The lowest BCUT2D eigenvalue weighted by molar-refractivity contribution is 0.948. The van der Waals surface area contributed by atoms with Gasteiger partial charge in [-0.2, -0.15) is 0 Å². The quantitative estimate of drug-likeness (QED) is 0.680. The summed E-state index contributed by atoms with van der Waals surface area (Å²) in [7, 11) is 0. The van der Waals surface area contributed by atoms with E-state index in [4.69, 9.17) is 0 Å². The molecule has 0 radical (unpaired) electrons. The van der Waals surface area contributed by atoms with E-state index in [1.807, 2.05) is 6.07 Å². The Morgan fingerprint density at radius 3 is 2.12 bits per heavy atom. The Balaban J connectivity index is 2.09. The van der Waals surface area contributed by atoms with E-state index in [0.717, 1.165) is 10.9 Å². The zero-order chi connectivity index (χ0) is 11.4. The van der Waals surface area contributed by atoms with E-state index in [1.54, 1.807) is 0 Å². The first-order valence-corrected chi connectivity index (χ1v) is 6.90. The summed E-state index contributed by atoms with van der Waals surface area (Å²) in [5.41, 5.74) is 2.67. The van der Waals surface area contributed by atoms with Crippen LogP contribution in [0.4, 0.5) is 0 Å². The summed E-state index contributed by atoms with van der Waals surface area (Å²) in [5.74, 6) is 0. The van der Waals surface area contributed by atoms with Crippen molar-refractivity contribution in [3.63, 3.8) is 0 Å². The Kier molecular flexibility index (Phi) is 4.19. The van der Waals surface area contributed by atoms with Crippen molar-refractivity contribution < 1.29 is 0 Å². The fourth-order valence-corrected chi connectivity index (χ4v) is 2.55. The van der Waals surface area contributed by atoms with Gasteiger partial charge in [-0.15, -0.1) is 0 Å². The lowest BCUT2D eigenvalue weighted by Crippen LogP contribution is -1.94. The highest BCUT2D eigenvalue weighted by atomic mass is 79.9. The van der Waals surface area contributed by atoms with E-state index >= 15 is 0 Å². The van der Waals surface area contributed by atoms with Crippen molar-refractivity contribution in [3.8, 4) is 0 Å². The largest absolute Gasteiger partial charge is 0.0835 e. The molecule has 82 valence electrons. The van der Waals surface area contributed by atoms with Crippen LogP contribution in [0, 0.1) is 0 Å². The zero-order valence-electron chi connectivity index (χ0n) is 8.74. The van der Waals surface area contributed by atoms with Crippen LogP contribution in [0.15, 0.2) is 59.1 Å². The summed E-state index contributed by atoms with van der Waals surface area (Å²) in [6, 6.07) is 19.0. The van der Waals surface area contributed by atoms with E-state index in [1.165, 1.54) is 11.1 Å². The highest BCUT2D eigenvalue weighted by Crippen LogP contribution is 2.27. The van der Waals surface area contributed by atoms with Crippen molar-refractivity contribution in [2.75, 3.05) is 0 Å². The SMILES string of the molecule is Brc1ccc(C(Br)Cc2ccccc2)cc1. The van der Waals surface area contributed by atoms with Gasteiger partial charge >= 0.3 is 0 Å². The standard InChI is InChI=1S/C14H12Br2/c15-13-8-6-12(7-9-13)14(16)10-11-4-2-1-3-5-11/h1-9,14H,10H2. The van der Waals surface area contributed by atoms with Gasteiger partial charge in [0.05, 0.1) is 0 Å². The van der Waals surface area contributed by atoms with Crippen molar-refractivity contribution in [2.24, 2.45) is 0 Å². The molecular weight excluding hydrogens is 328 g/mol. The van der Waals surface area contributed by atoms with Crippen LogP contribution in [0.5, 0.6) is 0 Å². The van der Waals surface area contributed by atoms with E-state index in [9.17, 15) is 0 Å². The minimum Gasteiger partial charge on any atom is -0.0835 e. The normalized spacial score (nSPS) is 12.4. The summed E-state index contributed by atoms with van der Waals surface area (Å²) >= 11 is 7.18. The van der Waals surface area contributed by atoms with Crippen LogP contribution in [0.2, 0.25) is 0 Å². The van der Waals surface area contributed by atoms with Gasteiger partial charge in [-0.1, -0.05) is 74.3 Å². The third-order valence-corrected chi connectivity index (χ3v) is 3.87. The molecule has 0 fully saturated rings. The Morgan fingerprint density at radius 1 is 0.875 bits per heavy atom. The fraction of sp³-hybridized carbons (Fsp3) is 0.143. The van der Waals surface area contributed by atoms with Crippen LogP contribution in [0.1, 0.15) is 16.0 Å². The number of rotatable bonds is 3. The molecule has 2 aromatic carbocycles. The molecule has 0 aliphatic rings. The number of halogens is 2. The molecule has 0 nitrogen and oxygen atoms in total. The van der Waals surface area contributed by atoms with Crippen molar-refractivity contribution in [1.29, 1.82) is 0 Å². The first-order chi connectivity index (χ1) is 7.75. The summed E-state index contributed by atoms with van der Waals surface area (Å²) in [4.78, 5) is 0.378. The van der Waals surface area contributed by atoms with Gasteiger partial charge in [-0.3, -0.25) is 0 Å². The molecule has 1 unspecified atom stereocenters. The molecule has 0 N–H and O–H groups in total. The monoisotopic (exact) mass is 338 g/mol. The molecule has 0 bridgehead atoms. The van der Waals surface area contributed by atoms with E-state index in [2.05, 4.69) is 80.4 Å². The molecule has 0 saturated heterocycles. The number of hydrogen-bond donors (Lipinski definition) is 0. The Labute approximate surface area is 113 Å². The van der Waals surface area contributed by atoms with E-state index in [0.29, 0.717) is 4.83 Å². The molecule has 2 rings (SSSR count). The van der Waals surface area contributed by atoms with Crippen LogP contribution < -0.4 is 0 Å². The van der Waals surface area contributed by atoms with Crippen LogP contribution in [-0.2, 0) is 6.42 Å². The minimum absolute atomic E-state index is 0.378. The molecule has 2 aromatic rings. The lowest BCUT2D eigenvalue weighted by atomic mass is 10.0. The maximum Gasteiger partial charge on any atom is 0.0435 e. The minimum atomic E-state index is 0.378. The average molecular weight is 340 g/mol. The number of hydrogen-bond acceptors (Lipinski definition) is 0. The summed E-state index contributed by atoms with van der Waals surface area (Å²) in [5, 5.41) is 0. The fourth-order valence-electron chi connectivity index (χ4n) is 1.61. The van der Waals surface area contributed by atoms with Crippen molar-refractivity contribution in [1.82, 2.24) is 0 Å². The van der Waals surface area contributed by atoms with Gasteiger partial charge in [0.15, 0.2) is 0 Å². The molecule has 2 heteroatoms. The second-order valence-corrected chi connectivity index (χ2v) is 5.73. The van der Waals surface area contributed by atoms with Crippen molar-refractivity contribution in [2.45, 2.75) is 11.2 Å². The van der Waals surface area contributed by atoms with Crippen molar-refractivity contribution in [3.05, 3.63) is 70.2 Å². The summed E-state index contributed by atoms with van der Waals surface area (Å²) in [6.07, 6.45) is 1.02. The number of alkyl halides is 1. The average Bonchev–Trinajstić information content (AvgIpc) is 2.31. The van der Waals surface area contributed by atoms with Gasteiger partial charge in [-0.25, -0.2) is 0 Å². The van der Waals surface area contributed by atoms with Crippen LogP contribution in [0.3, 0.4) is 0 Å². The van der Waals surface area contributed by atoms with Gasteiger partial charge in [-0.05, 0) is 29.7 Å². The van der Waals surface area contributed by atoms with Crippen LogP contribution in [0.25, 0.3) is 0 Å². The summed E-state index contributed by atoms with van der Waals surface area (Å²) < 4.78 is 1.12. The number of benzene rings is 2. The van der Waals surface area contributed by atoms with Gasteiger partial charge < -0.3 is 0 Å². The summed E-state index contributed by atoms with van der Waals surface area (Å²) in [6.45, 7) is 0. The predicted molar refractivity (Wildman–Crippen MR) is 76.0 cm³/mol. The molecule has 0 amide bonds. The topological polar surface area (TPSA) is 0 Å². The molecule has 0 heterocycles. The van der Waals surface area contributed by atoms with Crippen LogP contribution in [-0.4, -0.2) is 0 Å². The van der Waals surface area contributed by atoms with Gasteiger partial charge in [0, 0.05) is 9.30 Å². The highest BCUT2D eigenvalue weighted by molar-refractivity contribution is 9.10. The first-order valence-electron chi connectivity index (χ1n) is 5.19. The smallest absolute Gasteiger partial charge is 0.0435 e. The van der Waals surface area contributed by atoms with Gasteiger partial charge in [0.25, 0.3) is 0 Å². The van der Waals surface area contributed by atoms with Crippen molar-refractivity contribution >= 4 is 31.9 Å². The highest BCUT2D eigenvalue weighted by Gasteiger charge is 2.07. The third kappa shape index (κ3) is 3.19. The maximum absolute atomic E-state index is 3.73. The molecule has 1 atom stereocenters. The first kappa shape index (κ1) is 11.9. The maximum atomic E-state index is 3.73.